The zero-order valence-corrected chi connectivity index (χ0v) is 9.30. The number of hydrogen-bond acceptors (Lipinski definition) is 4. The van der Waals surface area contributed by atoms with Crippen LogP contribution < -0.4 is 0 Å². The molecule has 88 valence electrons. The van der Waals surface area contributed by atoms with E-state index in [0.717, 1.165) is 0 Å². The Balaban J connectivity index is 2.13. The molecule has 0 radical (unpaired) electrons. The summed E-state index contributed by atoms with van der Waals surface area (Å²) in [5.74, 6) is 0.188. The summed E-state index contributed by atoms with van der Waals surface area (Å²) < 4.78 is 0. The van der Waals surface area contributed by atoms with Crippen molar-refractivity contribution in [3.63, 3.8) is 0 Å². The van der Waals surface area contributed by atoms with Gasteiger partial charge in [0.1, 0.15) is 5.75 Å². The molecule has 2 aromatic rings. The molecule has 2 rings (SSSR count). The van der Waals surface area contributed by atoms with Crippen LogP contribution in [0.5, 0.6) is 5.75 Å². The van der Waals surface area contributed by atoms with Crippen LogP contribution in [-0.2, 0) is 0 Å². The number of azide groups is 1. The summed E-state index contributed by atoms with van der Waals surface area (Å²) in [6.07, 6.45) is 0. The molecule has 0 heterocycles. The quantitative estimate of drug-likeness (QED) is 0.467. The molecule has 6 nitrogen and oxygen atoms in total. The normalized spacial score (nSPS) is 10.2. The van der Waals surface area contributed by atoms with Crippen LogP contribution in [0.4, 0.5) is 17.1 Å². The third kappa shape index (κ3) is 3.07. The second-order valence-corrected chi connectivity index (χ2v) is 3.42. The number of phenolic OH excluding ortho intramolecular Hbond substituents is 1. The van der Waals surface area contributed by atoms with Gasteiger partial charge in [-0.15, -0.1) is 0 Å². The number of phenols is 1. The van der Waals surface area contributed by atoms with Gasteiger partial charge in [-0.1, -0.05) is 17.2 Å². The average molecular weight is 239 g/mol. The van der Waals surface area contributed by atoms with Crippen LogP contribution in [0.25, 0.3) is 10.4 Å². The predicted octanol–water partition coefficient (Wildman–Crippen LogP) is 4.75. The summed E-state index contributed by atoms with van der Waals surface area (Å²) in [6.45, 7) is 0. The summed E-state index contributed by atoms with van der Waals surface area (Å²) in [5.41, 5.74) is 10.1. The standard InChI is InChI=1S/C12H9N5O/c13-17-16-11-3-1-9(2-4-11)14-15-10-5-7-12(18)8-6-10/h1-8,18H. The Morgan fingerprint density at radius 2 is 1.22 bits per heavy atom. The van der Waals surface area contributed by atoms with Crippen molar-refractivity contribution in [3.05, 3.63) is 59.0 Å². The zero-order valence-electron chi connectivity index (χ0n) is 9.30. The van der Waals surface area contributed by atoms with Crippen molar-refractivity contribution in [1.29, 1.82) is 0 Å². The van der Waals surface area contributed by atoms with Gasteiger partial charge in [0.2, 0.25) is 0 Å². The minimum atomic E-state index is 0.188. The van der Waals surface area contributed by atoms with Crippen LogP contribution in [0.1, 0.15) is 0 Å². The summed E-state index contributed by atoms with van der Waals surface area (Å²) in [6, 6.07) is 13.1. The molecular formula is C12H9N5O. The Hall–Kier alpha value is -2.85. The Morgan fingerprint density at radius 1 is 0.778 bits per heavy atom. The fourth-order valence-corrected chi connectivity index (χ4v) is 1.27. The van der Waals surface area contributed by atoms with Crippen molar-refractivity contribution in [2.24, 2.45) is 15.3 Å². The lowest BCUT2D eigenvalue weighted by Gasteiger charge is -1.95. The van der Waals surface area contributed by atoms with Gasteiger partial charge >= 0.3 is 0 Å². The van der Waals surface area contributed by atoms with Gasteiger partial charge in [-0.05, 0) is 41.9 Å². The highest BCUT2D eigenvalue weighted by Crippen LogP contribution is 2.22. The summed E-state index contributed by atoms with van der Waals surface area (Å²) in [5, 5.41) is 20.6. The smallest absolute Gasteiger partial charge is 0.115 e. The third-order valence-electron chi connectivity index (χ3n) is 2.14. The van der Waals surface area contributed by atoms with Crippen molar-refractivity contribution in [3.8, 4) is 5.75 Å². The fraction of sp³-hybridized carbons (Fsp3) is 0. The Bertz CT molecular complexity index is 597. The summed E-state index contributed by atoms with van der Waals surface area (Å²) >= 11 is 0. The predicted molar refractivity (Wildman–Crippen MR) is 67.5 cm³/mol. The maximum atomic E-state index is 9.11. The van der Waals surface area contributed by atoms with Gasteiger partial charge < -0.3 is 5.11 Å². The van der Waals surface area contributed by atoms with Crippen LogP contribution in [0.15, 0.2) is 63.9 Å². The minimum Gasteiger partial charge on any atom is -0.508 e. The molecular weight excluding hydrogens is 230 g/mol. The fourth-order valence-electron chi connectivity index (χ4n) is 1.27. The first-order valence-corrected chi connectivity index (χ1v) is 5.14. The molecule has 0 aliphatic carbocycles. The molecule has 18 heavy (non-hydrogen) atoms. The zero-order chi connectivity index (χ0) is 12.8. The van der Waals surface area contributed by atoms with Crippen LogP contribution in [0.2, 0.25) is 0 Å². The van der Waals surface area contributed by atoms with Crippen molar-refractivity contribution >= 4 is 17.1 Å². The van der Waals surface area contributed by atoms with Gasteiger partial charge in [0.15, 0.2) is 0 Å². The molecule has 0 aromatic heterocycles. The highest BCUT2D eigenvalue weighted by molar-refractivity contribution is 5.47. The lowest BCUT2D eigenvalue weighted by Crippen LogP contribution is -1.66. The van der Waals surface area contributed by atoms with Crippen molar-refractivity contribution < 1.29 is 5.11 Å². The Kier molecular flexibility index (Phi) is 3.53. The molecule has 0 amide bonds. The van der Waals surface area contributed by atoms with Gasteiger partial charge in [-0.3, -0.25) is 0 Å². The first kappa shape index (κ1) is 11.6. The van der Waals surface area contributed by atoms with Crippen LogP contribution in [0.3, 0.4) is 0 Å². The highest BCUT2D eigenvalue weighted by Gasteiger charge is 1.92. The van der Waals surface area contributed by atoms with Gasteiger partial charge in [-0.2, -0.15) is 10.2 Å². The second kappa shape index (κ2) is 5.47. The largest absolute Gasteiger partial charge is 0.508 e. The minimum absolute atomic E-state index is 0.188. The maximum Gasteiger partial charge on any atom is 0.115 e. The monoisotopic (exact) mass is 239 g/mol. The number of azo groups is 1. The van der Waals surface area contributed by atoms with Gasteiger partial charge in [0, 0.05) is 10.6 Å². The van der Waals surface area contributed by atoms with Crippen molar-refractivity contribution in [1.82, 2.24) is 0 Å². The van der Waals surface area contributed by atoms with Gasteiger partial charge in [0.05, 0.1) is 11.4 Å². The van der Waals surface area contributed by atoms with E-state index in [4.69, 9.17) is 10.6 Å². The van der Waals surface area contributed by atoms with E-state index in [1.165, 1.54) is 0 Å². The molecule has 0 spiro atoms. The lowest BCUT2D eigenvalue weighted by molar-refractivity contribution is 0.475. The summed E-state index contributed by atoms with van der Waals surface area (Å²) in [4.78, 5) is 2.68. The van der Waals surface area contributed by atoms with Crippen LogP contribution in [0, 0.1) is 0 Å². The van der Waals surface area contributed by atoms with E-state index in [2.05, 4.69) is 20.3 Å². The number of hydrogen-bond donors (Lipinski definition) is 1. The molecule has 6 heteroatoms. The number of rotatable bonds is 3. The number of benzene rings is 2. The van der Waals surface area contributed by atoms with E-state index in [1.54, 1.807) is 48.5 Å². The lowest BCUT2D eigenvalue weighted by atomic mass is 10.3. The van der Waals surface area contributed by atoms with Gasteiger partial charge in [0.25, 0.3) is 0 Å². The number of aromatic hydroxyl groups is 1. The Morgan fingerprint density at radius 3 is 1.72 bits per heavy atom. The molecule has 0 aliphatic rings. The molecule has 0 saturated carbocycles. The van der Waals surface area contributed by atoms with E-state index in [-0.39, 0.29) is 5.75 Å². The highest BCUT2D eigenvalue weighted by atomic mass is 16.3. The van der Waals surface area contributed by atoms with Crippen molar-refractivity contribution in [2.45, 2.75) is 0 Å². The molecule has 0 atom stereocenters. The molecule has 0 saturated heterocycles. The number of nitrogens with zero attached hydrogens (tertiary/aromatic N) is 5. The molecule has 0 unspecified atom stereocenters. The van der Waals surface area contributed by atoms with E-state index < -0.39 is 0 Å². The topological polar surface area (TPSA) is 93.7 Å². The summed E-state index contributed by atoms with van der Waals surface area (Å²) in [7, 11) is 0. The van der Waals surface area contributed by atoms with E-state index in [0.29, 0.717) is 17.1 Å². The van der Waals surface area contributed by atoms with E-state index in [1.807, 2.05) is 0 Å². The average Bonchev–Trinajstić information content (AvgIpc) is 2.40. The second-order valence-electron chi connectivity index (χ2n) is 3.42. The van der Waals surface area contributed by atoms with Crippen LogP contribution in [-0.4, -0.2) is 5.11 Å². The first-order chi connectivity index (χ1) is 8.78. The van der Waals surface area contributed by atoms with Crippen molar-refractivity contribution in [2.75, 3.05) is 0 Å². The third-order valence-corrected chi connectivity index (χ3v) is 2.14. The molecule has 2 aromatic carbocycles. The Labute approximate surface area is 103 Å². The van der Waals surface area contributed by atoms with Crippen LogP contribution >= 0.6 is 0 Å². The SMILES string of the molecule is [N-]=[N+]=Nc1ccc(N=Nc2ccc(O)cc2)cc1. The van der Waals surface area contributed by atoms with E-state index >= 15 is 0 Å². The molecule has 0 fully saturated rings. The van der Waals surface area contributed by atoms with Gasteiger partial charge in [-0.25, -0.2) is 0 Å². The molecule has 0 aliphatic heterocycles. The molecule has 1 N–H and O–H groups in total. The molecule has 0 bridgehead atoms. The maximum absolute atomic E-state index is 9.11. The first-order valence-electron chi connectivity index (χ1n) is 5.14. The van der Waals surface area contributed by atoms with E-state index in [9.17, 15) is 0 Å².